The zero-order valence-corrected chi connectivity index (χ0v) is 11.9. The molecule has 0 fully saturated rings. The summed E-state index contributed by atoms with van der Waals surface area (Å²) in [6, 6.07) is 8.56. The largest absolute Gasteiger partial charge is 0.491 e. The topological polar surface area (TPSA) is 30.5 Å². The molecule has 0 bridgehead atoms. The number of ether oxygens (including phenoxy) is 2. The Kier molecular flexibility index (Phi) is 6.76. The van der Waals surface area contributed by atoms with Gasteiger partial charge in [-0.2, -0.15) is 0 Å². The average Bonchev–Trinajstić information content (AvgIpc) is 2.35. The summed E-state index contributed by atoms with van der Waals surface area (Å²) in [7, 11) is 3.73. The molecule has 1 unspecified atom stereocenters. The van der Waals surface area contributed by atoms with Crippen LogP contribution in [0.25, 0.3) is 0 Å². The van der Waals surface area contributed by atoms with Crippen LogP contribution in [0.15, 0.2) is 24.3 Å². The van der Waals surface area contributed by atoms with Gasteiger partial charge in [-0.25, -0.2) is 0 Å². The Morgan fingerprint density at radius 1 is 1.22 bits per heavy atom. The van der Waals surface area contributed by atoms with E-state index in [0.29, 0.717) is 6.04 Å². The Hall–Kier alpha value is -1.06. The quantitative estimate of drug-likeness (QED) is 0.720. The summed E-state index contributed by atoms with van der Waals surface area (Å²) >= 11 is 0. The molecule has 1 aromatic carbocycles. The van der Waals surface area contributed by atoms with E-state index in [4.69, 9.17) is 9.47 Å². The molecule has 1 aromatic rings. The maximum absolute atomic E-state index is 5.86. The van der Waals surface area contributed by atoms with Crippen LogP contribution in [0.5, 0.6) is 5.75 Å². The van der Waals surface area contributed by atoms with Crippen molar-refractivity contribution in [2.45, 2.75) is 38.8 Å². The van der Waals surface area contributed by atoms with E-state index in [1.807, 2.05) is 19.2 Å². The molecule has 0 radical (unpaired) electrons. The second-order valence-electron chi connectivity index (χ2n) is 4.68. The first-order valence-corrected chi connectivity index (χ1v) is 6.60. The standard InChI is InChI=1S/C15H25NO2/c1-12(2)18-15-10-6-5-8-13(15)14(16-3)9-7-11-17-4/h5-6,8,10,12,14,16H,7,9,11H2,1-4H3. The molecule has 18 heavy (non-hydrogen) atoms. The lowest BCUT2D eigenvalue weighted by Crippen LogP contribution is -2.19. The first-order valence-electron chi connectivity index (χ1n) is 6.60. The summed E-state index contributed by atoms with van der Waals surface area (Å²) in [6.45, 7) is 4.90. The van der Waals surface area contributed by atoms with Gasteiger partial charge >= 0.3 is 0 Å². The number of nitrogens with one attached hydrogen (secondary N) is 1. The highest BCUT2D eigenvalue weighted by molar-refractivity contribution is 5.36. The van der Waals surface area contributed by atoms with Crippen LogP contribution < -0.4 is 10.1 Å². The number of methoxy groups -OCH3 is 1. The predicted molar refractivity (Wildman–Crippen MR) is 75.1 cm³/mol. The van der Waals surface area contributed by atoms with Crippen molar-refractivity contribution in [1.82, 2.24) is 5.32 Å². The molecule has 1 atom stereocenters. The van der Waals surface area contributed by atoms with E-state index in [1.165, 1.54) is 5.56 Å². The smallest absolute Gasteiger partial charge is 0.124 e. The lowest BCUT2D eigenvalue weighted by molar-refractivity contribution is 0.188. The monoisotopic (exact) mass is 251 g/mol. The molecular formula is C15H25NO2. The van der Waals surface area contributed by atoms with Gasteiger partial charge in [-0.05, 0) is 39.8 Å². The SMILES string of the molecule is CNC(CCCOC)c1ccccc1OC(C)C. The Balaban J connectivity index is 2.77. The van der Waals surface area contributed by atoms with Crippen LogP contribution in [-0.4, -0.2) is 26.9 Å². The molecule has 3 heteroatoms. The fourth-order valence-electron chi connectivity index (χ4n) is 2.02. The van der Waals surface area contributed by atoms with Crippen molar-refractivity contribution in [2.24, 2.45) is 0 Å². The number of hydrogen-bond donors (Lipinski definition) is 1. The molecule has 0 aliphatic carbocycles. The van der Waals surface area contributed by atoms with Gasteiger partial charge in [0, 0.05) is 25.3 Å². The van der Waals surface area contributed by atoms with E-state index >= 15 is 0 Å². The Labute approximate surface area is 110 Å². The third-order valence-electron chi connectivity index (χ3n) is 2.85. The van der Waals surface area contributed by atoms with Gasteiger partial charge in [0.1, 0.15) is 5.75 Å². The van der Waals surface area contributed by atoms with Crippen molar-refractivity contribution in [2.75, 3.05) is 20.8 Å². The molecule has 1 rings (SSSR count). The van der Waals surface area contributed by atoms with Gasteiger partial charge in [0.05, 0.1) is 6.10 Å². The van der Waals surface area contributed by atoms with Crippen LogP contribution in [0.2, 0.25) is 0 Å². The molecule has 0 spiro atoms. The van der Waals surface area contributed by atoms with E-state index in [1.54, 1.807) is 7.11 Å². The average molecular weight is 251 g/mol. The fourth-order valence-corrected chi connectivity index (χ4v) is 2.02. The number of hydrogen-bond acceptors (Lipinski definition) is 3. The van der Waals surface area contributed by atoms with Crippen molar-refractivity contribution >= 4 is 0 Å². The summed E-state index contributed by atoms with van der Waals surface area (Å²) in [5, 5.41) is 3.36. The first-order chi connectivity index (χ1) is 8.69. The van der Waals surface area contributed by atoms with E-state index in [0.717, 1.165) is 25.2 Å². The van der Waals surface area contributed by atoms with Crippen LogP contribution in [0.4, 0.5) is 0 Å². The van der Waals surface area contributed by atoms with Gasteiger partial charge in [-0.15, -0.1) is 0 Å². The zero-order chi connectivity index (χ0) is 13.4. The molecule has 102 valence electrons. The molecular weight excluding hydrogens is 226 g/mol. The Morgan fingerprint density at radius 2 is 1.94 bits per heavy atom. The fraction of sp³-hybridized carbons (Fsp3) is 0.600. The van der Waals surface area contributed by atoms with Crippen molar-refractivity contribution in [3.8, 4) is 5.75 Å². The lowest BCUT2D eigenvalue weighted by Gasteiger charge is -2.21. The van der Waals surface area contributed by atoms with Gasteiger partial charge < -0.3 is 14.8 Å². The van der Waals surface area contributed by atoms with Crippen molar-refractivity contribution < 1.29 is 9.47 Å². The van der Waals surface area contributed by atoms with Gasteiger partial charge in [-0.1, -0.05) is 18.2 Å². The van der Waals surface area contributed by atoms with Crippen LogP contribution in [-0.2, 0) is 4.74 Å². The molecule has 1 N–H and O–H groups in total. The van der Waals surface area contributed by atoms with E-state index in [2.05, 4.69) is 31.3 Å². The second kappa shape index (κ2) is 8.11. The third-order valence-corrected chi connectivity index (χ3v) is 2.85. The Bertz CT molecular complexity index is 339. The maximum atomic E-state index is 5.86. The third kappa shape index (κ3) is 4.67. The minimum absolute atomic E-state index is 0.197. The second-order valence-corrected chi connectivity index (χ2v) is 4.68. The van der Waals surface area contributed by atoms with Crippen LogP contribution in [0, 0.1) is 0 Å². The molecule has 0 saturated carbocycles. The Morgan fingerprint density at radius 3 is 2.56 bits per heavy atom. The summed E-state index contributed by atoms with van der Waals surface area (Å²) < 4.78 is 11.0. The van der Waals surface area contributed by atoms with Crippen LogP contribution in [0.3, 0.4) is 0 Å². The normalized spacial score (nSPS) is 12.7. The summed E-state index contributed by atoms with van der Waals surface area (Å²) in [5.41, 5.74) is 1.23. The molecule has 0 heterocycles. The highest BCUT2D eigenvalue weighted by Crippen LogP contribution is 2.28. The summed E-state index contributed by atoms with van der Waals surface area (Å²) in [6.07, 6.45) is 2.28. The molecule has 0 aromatic heterocycles. The minimum atomic E-state index is 0.197. The molecule has 3 nitrogen and oxygen atoms in total. The molecule has 0 amide bonds. The van der Waals surface area contributed by atoms with Crippen molar-refractivity contribution in [3.05, 3.63) is 29.8 Å². The van der Waals surface area contributed by atoms with Crippen molar-refractivity contribution in [1.29, 1.82) is 0 Å². The molecule has 0 aliphatic rings. The number of rotatable bonds is 8. The van der Waals surface area contributed by atoms with Gasteiger partial charge in [-0.3, -0.25) is 0 Å². The highest BCUT2D eigenvalue weighted by atomic mass is 16.5. The predicted octanol–water partition coefficient (Wildman–Crippen LogP) is 3.16. The number of benzene rings is 1. The van der Waals surface area contributed by atoms with Gasteiger partial charge in [0.25, 0.3) is 0 Å². The first kappa shape index (κ1) is 15.0. The van der Waals surface area contributed by atoms with Gasteiger partial charge in [0.15, 0.2) is 0 Å². The van der Waals surface area contributed by atoms with E-state index in [-0.39, 0.29) is 6.10 Å². The van der Waals surface area contributed by atoms with Crippen LogP contribution in [0.1, 0.15) is 38.3 Å². The summed E-state index contributed by atoms with van der Waals surface area (Å²) in [4.78, 5) is 0. The van der Waals surface area contributed by atoms with Crippen LogP contribution >= 0.6 is 0 Å². The number of para-hydroxylation sites is 1. The maximum Gasteiger partial charge on any atom is 0.124 e. The molecule has 0 aliphatic heterocycles. The highest BCUT2D eigenvalue weighted by Gasteiger charge is 2.14. The van der Waals surface area contributed by atoms with Crippen molar-refractivity contribution in [3.63, 3.8) is 0 Å². The van der Waals surface area contributed by atoms with E-state index < -0.39 is 0 Å². The lowest BCUT2D eigenvalue weighted by atomic mass is 10.0. The molecule has 0 saturated heterocycles. The van der Waals surface area contributed by atoms with E-state index in [9.17, 15) is 0 Å². The minimum Gasteiger partial charge on any atom is -0.491 e. The summed E-state index contributed by atoms with van der Waals surface area (Å²) in [5.74, 6) is 0.976. The zero-order valence-electron chi connectivity index (χ0n) is 11.9. The van der Waals surface area contributed by atoms with Gasteiger partial charge in [0.2, 0.25) is 0 Å².